The van der Waals surface area contributed by atoms with Gasteiger partial charge in [0.15, 0.2) is 0 Å². The van der Waals surface area contributed by atoms with E-state index in [0.717, 1.165) is 11.8 Å². The molecular weight excluding hydrogens is 204 g/mol. The van der Waals surface area contributed by atoms with Crippen molar-refractivity contribution in [1.82, 2.24) is 0 Å². The zero-order valence-electron chi connectivity index (χ0n) is 11.5. The van der Waals surface area contributed by atoms with Crippen LogP contribution in [0.1, 0.15) is 70.6 Å². The summed E-state index contributed by atoms with van der Waals surface area (Å²) in [4.78, 5) is 0. The van der Waals surface area contributed by atoms with E-state index in [4.69, 9.17) is 0 Å². The Hall–Kier alpha value is -0.520. The molecule has 0 N–H and O–H groups in total. The minimum Gasteiger partial charge on any atom is -0.103 e. The van der Waals surface area contributed by atoms with E-state index >= 15 is 0 Å². The molecule has 1 unspecified atom stereocenters. The molecule has 1 rings (SSSR count). The first-order valence-corrected chi connectivity index (χ1v) is 7.62. The van der Waals surface area contributed by atoms with Gasteiger partial charge in [-0.2, -0.15) is 0 Å². The van der Waals surface area contributed by atoms with Gasteiger partial charge in [-0.15, -0.1) is 13.2 Å². The molecule has 0 aromatic rings. The third-order valence-corrected chi connectivity index (χ3v) is 4.25. The van der Waals surface area contributed by atoms with Gasteiger partial charge in [0, 0.05) is 0 Å². The fourth-order valence-electron chi connectivity index (χ4n) is 3.13. The molecule has 98 valence electrons. The normalized spacial score (nSPS) is 18.8. The van der Waals surface area contributed by atoms with E-state index < -0.39 is 0 Å². The maximum atomic E-state index is 4.05. The molecule has 1 aliphatic rings. The van der Waals surface area contributed by atoms with Crippen molar-refractivity contribution >= 4 is 0 Å². The Labute approximate surface area is 108 Å². The van der Waals surface area contributed by atoms with Crippen LogP contribution in [0.2, 0.25) is 0 Å². The van der Waals surface area contributed by atoms with Gasteiger partial charge in [0.05, 0.1) is 0 Å². The van der Waals surface area contributed by atoms with E-state index in [1.165, 1.54) is 70.6 Å². The van der Waals surface area contributed by atoms with E-state index in [1.807, 2.05) is 6.08 Å². The Balaban J connectivity index is 2.09. The highest BCUT2D eigenvalue weighted by Crippen LogP contribution is 2.33. The van der Waals surface area contributed by atoms with Crippen molar-refractivity contribution in [2.75, 3.05) is 0 Å². The SMILES string of the molecule is C=CCCCCCCC(C=C)C1CCCCC1. The maximum absolute atomic E-state index is 4.05. The summed E-state index contributed by atoms with van der Waals surface area (Å²) in [7, 11) is 0. The van der Waals surface area contributed by atoms with Crippen LogP contribution in [0.25, 0.3) is 0 Å². The summed E-state index contributed by atoms with van der Waals surface area (Å²) in [6.07, 6.45) is 19.6. The van der Waals surface area contributed by atoms with Crippen LogP contribution in [-0.4, -0.2) is 0 Å². The van der Waals surface area contributed by atoms with E-state index in [-0.39, 0.29) is 0 Å². The lowest BCUT2D eigenvalue weighted by Crippen LogP contribution is -2.16. The second-order valence-corrected chi connectivity index (χ2v) is 5.58. The molecular formula is C17H30. The van der Waals surface area contributed by atoms with Crippen LogP contribution in [-0.2, 0) is 0 Å². The van der Waals surface area contributed by atoms with Crippen LogP contribution in [0.5, 0.6) is 0 Å². The first-order valence-electron chi connectivity index (χ1n) is 7.62. The lowest BCUT2D eigenvalue weighted by atomic mass is 9.78. The Morgan fingerprint density at radius 1 is 0.941 bits per heavy atom. The van der Waals surface area contributed by atoms with Crippen LogP contribution in [0, 0.1) is 11.8 Å². The number of hydrogen-bond acceptors (Lipinski definition) is 0. The summed E-state index contributed by atoms with van der Waals surface area (Å²) >= 11 is 0. The number of rotatable bonds is 9. The van der Waals surface area contributed by atoms with Crippen molar-refractivity contribution in [2.24, 2.45) is 11.8 Å². The van der Waals surface area contributed by atoms with Gasteiger partial charge in [0.2, 0.25) is 0 Å². The molecule has 0 aromatic heterocycles. The third kappa shape index (κ3) is 6.10. The summed E-state index contributed by atoms with van der Waals surface area (Å²) in [6, 6.07) is 0. The summed E-state index contributed by atoms with van der Waals surface area (Å²) in [5.74, 6) is 1.75. The standard InChI is InChI=1S/C17H30/c1-3-5-6-7-8-10-13-16(4-2)17-14-11-9-12-15-17/h3-4,16-17H,1-2,5-15H2. The Kier molecular flexibility index (Phi) is 8.13. The van der Waals surface area contributed by atoms with Crippen LogP contribution >= 0.6 is 0 Å². The molecule has 0 aliphatic heterocycles. The Morgan fingerprint density at radius 2 is 1.65 bits per heavy atom. The van der Waals surface area contributed by atoms with Gasteiger partial charge in [-0.1, -0.05) is 50.7 Å². The van der Waals surface area contributed by atoms with Crippen molar-refractivity contribution in [3.05, 3.63) is 25.3 Å². The van der Waals surface area contributed by atoms with Crippen molar-refractivity contribution in [2.45, 2.75) is 70.6 Å². The number of hydrogen-bond donors (Lipinski definition) is 0. The summed E-state index contributed by atoms with van der Waals surface area (Å²) < 4.78 is 0. The van der Waals surface area contributed by atoms with Crippen LogP contribution in [0.4, 0.5) is 0 Å². The summed E-state index contributed by atoms with van der Waals surface area (Å²) in [5, 5.41) is 0. The van der Waals surface area contributed by atoms with Crippen molar-refractivity contribution in [3.63, 3.8) is 0 Å². The highest BCUT2D eigenvalue weighted by Gasteiger charge is 2.20. The molecule has 1 fully saturated rings. The monoisotopic (exact) mass is 234 g/mol. The second-order valence-electron chi connectivity index (χ2n) is 5.58. The highest BCUT2D eigenvalue weighted by molar-refractivity contribution is 4.86. The minimum absolute atomic E-state index is 0.801. The van der Waals surface area contributed by atoms with Crippen molar-refractivity contribution < 1.29 is 0 Å². The lowest BCUT2D eigenvalue weighted by molar-refractivity contribution is 0.270. The molecule has 0 bridgehead atoms. The van der Waals surface area contributed by atoms with Crippen LogP contribution in [0.15, 0.2) is 25.3 Å². The average Bonchev–Trinajstić information content (AvgIpc) is 2.39. The van der Waals surface area contributed by atoms with Gasteiger partial charge in [0.25, 0.3) is 0 Å². The van der Waals surface area contributed by atoms with Gasteiger partial charge in [0.1, 0.15) is 0 Å². The molecule has 0 heteroatoms. The van der Waals surface area contributed by atoms with Gasteiger partial charge < -0.3 is 0 Å². The van der Waals surface area contributed by atoms with Crippen molar-refractivity contribution in [1.29, 1.82) is 0 Å². The van der Waals surface area contributed by atoms with Crippen LogP contribution < -0.4 is 0 Å². The quantitative estimate of drug-likeness (QED) is 0.344. The van der Waals surface area contributed by atoms with Crippen LogP contribution in [0.3, 0.4) is 0 Å². The average molecular weight is 234 g/mol. The number of unbranched alkanes of at least 4 members (excludes halogenated alkanes) is 4. The zero-order valence-corrected chi connectivity index (χ0v) is 11.5. The molecule has 0 spiro atoms. The Morgan fingerprint density at radius 3 is 2.29 bits per heavy atom. The largest absolute Gasteiger partial charge is 0.103 e. The smallest absolute Gasteiger partial charge is 0.0208 e. The van der Waals surface area contributed by atoms with E-state index in [0.29, 0.717) is 0 Å². The lowest BCUT2D eigenvalue weighted by Gasteiger charge is -2.28. The zero-order chi connectivity index (χ0) is 12.3. The molecule has 1 saturated carbocycles. The molecule has 0 heterocycles. The molecule has 0 nitrogen and oxygen atoms in total. The molecule has 17 heavy (non-hydrogen) atoms. The van der Waals surface area contributed by atoms with Crippen molar-refractivity contribution in [3.8, 4) is 0 Å². The molecule has 1 aliphatic carbocycles. The molecule has 0 aromatic carbocycles. The van der Waals surface area contributed by atoms with E-state index in [9.17, 15) is 0 Å². The molecule has 1 atom stereocenters. The molecule has 0 saturated heterocycles. The number of allylic oxidation sites excluding steroid dienone is 2. The predicted octanol–water partition coefficient (Wildman–Crippen LogP) is 5.90. The molecule has 0 radical (unpaired) electrons. The highest BCUT2D eigenvalue weighted by atomic mass is 14.3. The fourth-order valence-corrected chi connectivity index (χ4v) is 3.13. The summed E-state index contributed by atoms with van der Waals surface area (Å²) in [5.41, 5.74) is 0. The van der Waals surface area contributed by atoms with Gasteiger partial charge in [-0.25, -0.2) is 0 Å². The van der Waals surface area contributed by atoms with Gasteiger partial charge in [-0.3, -0.25) is 0 Å². The Bertz CT molecular complexity index is 198. The second kappa shape index (κ2) is 9.50. The first-order chi connectivity index (χ1) is 8.38. The first kappa shape index (κ1) is 14.5. The minimum atomic E-state index is 0.801. The third-order valence-electron chi connectivity index (χ3n) is 4.25. The molecule has 0 amide bonds. The van der Waals surface area contributed by atoms with Gasteiger partial charge in [-0.05, 0) is 43.9 Å². The van der Waals surface area contributed by atoms with E-state index in [2.05, 4.69) is 19.2 Å². The maximum Gasteiger partial charge on any atom is -0.0208 e. The van der Waals surface area contributed by atoms with E-state index in [1.54, 1.807) is 0 Å². The summed E-state index contributed by atoms with van der Waals surface area (Å²) in [6.45, 7) is 7.82. The predicted molar refractivity (Wildman–Crippen MR) is 78.2 cm³/mol. The topological polar surface area (TPSA) is 0 Å². The fraction of sp³-hybridized carbons (Fsp3) is 0.765. The van der Waals surface area contributed by atoms with Gasteiger partial charge >= 0.3 is 0 Å².